The normalized spacial score (nSPS) is 19.5. The predicted octanol–water partition coefficient (Wildman–Crippen LogP) is 1.13. The van der Waals surface area contributed by atoms with Gasteiger partial charge < -0.3 is 5.32 Å². The molecular weight excluding hydrogens is 290 g/mol. The second kappa shape index (κ2) is 5.25. The predicted molar refractivity (Wildman–Crippen MR) is 75.4 cm³/mol. The lowest BCUT2D eigenvalue weighted by molar-refractivity contribution is 0.0929. The summed E-state index contributed by atoms with van der Waals surface area (Å²) in [5.41, 5.74) is 0.837. The van der Waals surface area contributed by atoms with Crippen LogP contribution in [0.3, 0.4) is 0 Å². The Morgan fingerprint density at radius 1 is 1.24 bits per heavy atom. The lowest BCUT2D eigenvalue weighted by atomic mass is 10.0. The fourth-order valence-corrected chi connectivity index (χ4v) is 4.01. The summed E-state index contributed by atoms with van der Waals surface area (Å²) in [5, 5.41) is 2.82. The maximum Gasteiger partial charge on any atom is 0.271 e. The monoisotopic (exact) mass is 303 g/mol. The van der Waals surface area contributed by atoms with Crippen LogP contribution in [0.25, 0.3) is 0 Å². The molecule has 1 aliphatic heterocycles. The zero-order valence-electron chi connectivity index (χ0n) is 11.1. The molecule has 2 aromatic rings. The largest absolute Gasteiger partial charge is 0.344 e. The number of benzene rings is 1. The topological polar surface area (TPSA) is 89.0 Å². The number of aromatic nitrogens is 2. The summed E-state index contributed by atoms with van der Waals surface area (Å²) in [5.74, 6) is -0.336. The molecule has 0 unspecified atom stereocenters. The molecule has 108 valence electrons. The quantitative estimate of drug-likeness (QED) is 0.898. The molecule has 0 saturated heterocycles. The van der Waals surface area contributed by atoms with Gasteiger partial charge in [-0.25, -0.2) is 13.4 Å². The van der Waals surface area contributed by atoms with Crippen molar-refractivity contribution in [1.29, 1.82) is 0 Å². The maximum absolute atomic E-state index is 12.1. The lowest BCUT2D eigenvalue weighted by Crippen LogP contribution is -2.34. The van der Waals surface area contributed by atoms with Crippen molar-refractivity contribution in [3.8, 4) is 0 Å². The Bertz CT molecular complexity index is 775. The van der Waals surface area contributed by atoms with E-state index in [-0.39, 0.29) is 23.4 Å². The van der Waals surface area contributed by atoms with E-state index in [1.807, 2.05) is 0 Å². The van der Waals surface area contributed by atoms with Gasteiger partial charge in [-0.05, 0) is 18.1 Å². The number of rotatable bonds is 2. The molecule has 1 aromatic carbocycles. The summed E-state index contributed by atoms with van der Waals surface area (Å²) in [4.78, 5) is 20.2. The third kappa shape index (κ3) is 2.64. The SMILES string of the molecule is O=C(N[C@@H]1CCS(=O)(=O)c2ccccc21)c1cnccn1. The van der Waals surface area contributed by atoms with Gasteiger partial charge in [-0.2, -0.15) is 0 Å². The van der Waals surface area contributed by atoms with E-state index in [0.717, 1.165) is 0 Å². The van der Waals surface area contributed by atoms with E-state index in [1.165, 1.54) is 18.6 Å². The van der Waals surface area contributed by atoms with E-state index in [1.54, 1.807) is 24.3 Å². The van der Waals surface area contributed by atoms with Crippen molar-refractivity contribution in [2.24, 2.45) is 0 Å². The zero-order valence-corrected chi connectivity index (χ0v) is 11.9. The van der Waals surface area contributed by atoms with Crippen molar-refractivity contribution < 1.29 is 13.2 Å². The first-order valence-electron chi connectivity index (χ1n) is 6.46. The highest BCUT2D eigenvalue weighted by atomic mass is 32.2. The van der Waals surface area contributed by atoms with E-state index in [9.17, 15) is 13.2 Å². The molecule has 3 rings (SSSR count). The van der Waals surface area contributed by atoms with Crippen molar-refractivity contribution in [3.63, 3.8) is 0 Å². The molecule has 1 aromatic heterocycles. The third-order valence-corrected chi connectivity index (χ3v) is 5.22. The summed E-state index contributed by atoms with van der Waals surface area (Å²) < 4.78 is 24.1. The molecule has 1 N–H and O–H groups in total. The first-order chi connectivity index (χ1) is 10.1. The van der Waals surface area contributed by atoms with Crippen LogP contribution in [0.2, 0.25) is 0 Å². The molecule has 21 heavy (non-hydrogen) atoms. The molecule has 0 spiro atoms. The molecule has 6 nitrogen and oxygen atoms in total. The average Bonchev–Trinajstić information content (AvgIpc) is 2.51. The van der Waals surface area contributed by atoms with Crippen LogP contribution in [0.1, 0.15) is 28.5 Å². The molecule has 1 aliphatic rings. The zero-order chi connectivity index (χ0) is 14.9. The number of amides is 1. The minimum Gasteiger partial charge on any atom is -0.344 e. The van der Waals surface area contributed by atoms with Gasteiger partial charge in [0.2, 0.25) is 0 Å². The molecule has 0 saturated carbocycles. The fourth-order valence-electron chi connectivity index (χ4n) is 2.39. The van der Waals surface area contributed by atoms with E-state index in [0.29, 0.717) is 16.9 Å². The fraction of sp³-hybridized carbons (Fsp3) is 0.214. The first kappa shape index (κ1) is 13.7. The van der Waals surface area contributed by atoms with E-state index in [2.05, 4.69) is 15.3 Å². The van der Waals surface area contributed by atoms with Gasteiger partial charge >= 0.3 is 0 Å². The Hall–Kier alpha value is -2.28. The lowest BCUT2D eigenvalue weighted by Gasteiger charge is -2.26. The Morgan fingerprint density at radius 2 is 2.05 bits per heavy atom. The number of fused-ring (bicyclic) bond motifs is 1. The number of nitrogens with zero attached hydrogens (tertiary/aromatic N) is 2. The van der Waals surface area contributed by atoms with E-state index >= 15 is 0 Å². The second-order valence-electron chi connectivity index (χ2n) is 4.76. The van der Waals surface area contributed by atoms with Gasteiger partial charge in [0.05, 0.1) is 22.9 Å². The molecule has 1 amide bonds. The van der Waals surface area contributed by atoms with Crippen LogP contribution >= 0.6 is 0 Å². The first-order valence-corrected chi connectivity index (χ1v) is 8.12. The summed E-state index contributed by atoms with van der Waals surface area (Å²) >= 11 is 0. The number of nitrogens with one attached hydrogen (secondary N) is 1. The number of sulfone groups is 1. The molecule has 2 heterocycles. The van der Waals surface area contributed by atoms with Gasteiger partial charge in [0.25, 0.3) is 5.91 Å². The summed E-state index contributed by atoms with van der Waals surface area (Å²) in [6.45, 7) is 0. The summed E-state index contributed by atoms with van der Waals surface area (Å²) in [6.07, 6.45) is 4.65. The van der Waals surface area contributed by atoms with Gasteiger partial charge in [0, 0.05) is 12.4 Å². The molecule has 0 radical (unpaired) electrons. The summed E-state index contributed by atoms with van der Waals surface area (Å²) in [6, 6.07) is 6.42. The van der Waals surface area contributed by atoms with E-state index < -0.39 is 9.84 Å². The van der Waals surface area contributed by atoms with Crippen LogP contribution in [0.5, 0.6) is 0 Å². The summed E-state index contributed by atoms with van der Waals surface area (Å²) in [7, 11) is -3.25. The van der Waals surface area contributed by atoms with Gasteiger partial charge in [-0.15, -0.1) is 0 Å². The highest BCUT2D eigenvalue weighted by Gasteiger charge is 2.31. The highest BCUT2D eigenvalue weighted by Crippen LogP contribution is 2.31. The van der Waals surface area contributed by atoms with Crippen molar-refractivity contribution in [1.82, 2.24) is 15.3 Å². The Labute approximate surface area is 122 Å². The van der Waals surface area contributed by atoms with Crippen LogP contribution < -0.4 is 5.32 Å². The standard InChI is InChI=1S/C14H13N3O3S/c18-14(12-9-15-6-7-16-12)17-11-5-8-21(19,20)13-4-2-1-3-10(11)13/h1-4,6-7,9,11H,5,8H2,(H,17,18)/t11-/m1/s1. The van der Waals surface area contributed by atoms with Crippen LogP contribution in [-0.4, -0.2) is 30.0 Å². The molecule has 0 fully saturated rings. The van der Waals surface area contributed by atoms with Crippen LogP contribution in [-0.2, 0) is 9.84 Å². The molecule has 1 atom stereocenters. The van der Waals surface area contributed by atoms with Crippen molar-refractivity contribution in [2.75, 3.05) is 5.75 Å². The Morgan fingerprint density at radius 3 is 2.81 bits per heavy atom. The second-order valence-corrected chi connectivity index (χ2v) is 6.84. The van der Waals surface area contributed by atoms with Gasteiger partial charge in [0.1, 0.15) is 5.69 Å². The van der Waals surface area contributed by atoms with Crippen LogP contribution in [0.4, 0.5) is 0 Å². The number of carbonyl (C=O) groups is 1. The molecular formula is C14H13N3O3S. The smallest absolute Gasteiger partial charge is 0.271 e. The maximum atomic E-state index is 12.1. The minimum atomic E-state index is -3.25. The van der Waals surface area contributed by atoms with Crippen molar-refractivity contribution >= 4 is 15.7 Å². The van der Waals surface area contributed by atoms with Gasteiger partial charge in [0.15, 0.2) is 9.84 Å². The Balaban J connectivity index is 1.90. The van der Waals surface area contributed by atoms with Crippen LogP contribution in [0.15, 0.2) is 47.8 Å². The van der Waals surface area contributed by atoms with Crippen molar-refractivity contribution in [2.45, 2.75) is 17.4 Å². The third-order valence-electron chi connectivity index (χ3n) is 3.41. The van der Waals surface area contributed by atoms with E-state index in [4.69, 9.17) is 0 Å². The molecule has 0 bridgehead atoms. The van der Waals surface area contributed by atoms with Gasteiger partial charge in [-0.1, -0.05) is 18.2 Å². The minimum absolute atomic E-state index is 0.0232. The molecule has 7 heteroatoms. The number of hydrogen-bond donors (Lipinski definition) is 1. The number of carbonyl (C=O) groups excluding carboxylic acids is 1. The van der Waals surface area contributed by atoms with Gasteiger partial charge in [-0.3, -0.25) is 9.78 Å². The Kier molecular flexibility index (Phi) is 3.42. The van der Waals surface area contributed by atoms with Crippen molar-refractivity contribution in [3.05, 3.63) is 54.1 Å². The van der Waals surface area contributed by atoms with Crippen LogP contribution in [0, 0.1) is 0 Å². The number of hydrogen-bond acceptors (Lipinski definition) is 5. The average molecular weight is 303 g/mol. The molecule has 0 aliphatic carbocycles. The highest BCUT2D eigenvalue weighted by molar-refractivity contribution is 7.91.